The normalized spacial score (nSPS) is 10.7. The van der Waals surface area contributed by atoms with Crippen LogP contribution in [0.4, 0.5) is 8.78 Å². The van der Waals surface area contributed by atoms with E-state index in [1.54, 1.807) is 30.4 Å². The van der Waals surface area contributed by atoms with Gasteiger partial charge in [-0.2, -0.15) is 0 Å². The first-order valence-electron chi connectivity index (χ1n) is 4.80. The maximum atomic E-state index is 12.6. The van der Waals surface area contributed by atoms with Gasteiger partial charge in [0.25, 0.3) is 6.43 Å². The lowest BCUT2D eigenvalue weighted by molar-refractivity contribution is 0.151. The van der Waals surface area contributed by atoms with E-state index in [-0.39, 0.29) is 5.56 Å². The molecule has 0 bridgehead atoms. The molecule has 0 saturated heterocycles. The summed E-state index contributed by atoms with van der Waals surface area (Å²) in [7, 11) is 0. The fraction of sp³-hybridized carbons (Fsp3) is 0.273. The van der Waals surface area contributed by atoms with Gasteiger partial charge < -0.3 is 0 Å². The van der Waals surface area contributed by atoms with E-state index >= 15 is 0 Å². The molecular weight excluding hydrogens is 212 g/mol. The van der Waals surface area contributed by atoms with Crippen LogP contribution in [0.5, 0.6) is 0 Å². The Morgan fingerprint density at radius 1 is 1.38 bits per heavy atom. The molecule has 5 heteroatoms. The quantitative estimate of drug-likeness (QED) is 0.308. The molecule has 0 atom stereocenters. The van der Waals surface area contributed by atoms with Crippen molar-refractivity contribution >= 4 is 6.08 Å². The summed E-state index contributed by atoms with van der Waals surface area (Å²) >= 11 is 0. The van der Waals surface area contributed by atoms with Crippen molar-refractivity contribution in [2.75, 3.05) is 6.54 Å². The van der Waals surface area contributed by atoms with Gasteiger partial charge in [-0.05, 0) is 17.5 Å². The van der Waals surface area contributed by atoms with Crippen molar-refractivity contribution in [1.82, 2.24) is 0 Å². The van der Waals surface area contributed by atoms with E-state index in [0.29, 0.717) is 18.5 Å². The Balaban J connectivity index is 2.68. The van der Waals surface area contributed by atoms with Crippen LogP contribution in [0.3, 0.4) is 0 Å². The number of nitrogens with zero attached hydrogens (tertiary/aromatic N) is 3. The summed E-state index contributed by atoms with van der Waals surface area (Å²) in [5.41, 5.74) is 8.55. The topological polar surface area (TPSA) is 48.8 Å². The van der Waals surface area contributed by atoms with Gasteiger partial charge in [-0.1, -0.05) is 41.5 Å². The Bertz CT molecular complexity index is 409. The Hall–Kier alpha value is -1.87. The second kappa shape index (κ2) is 6.58. The van der Waals surface area contributed by atoms with Crippen molar-refractivity contribution in [2.24, 2.45) is 5.11 Å². The molecule has 0 aliphatic rings. The summed E-state index contributed by atoms with van der Waals surface area (Å²) in [6.45, 7) is 0.337. The molecule has 0 fully saturated rings. The molecule has 0 aliphatic heterocycles. The molecule has 0 unspecified atom stereocenters. The Labute approximate surface area is 92.0 Å². The van der Waals surface area contributed by atoms with Crippen molar-refractivity contribution in [3.63, 3.8) is 0 Å². The number of halogens is 2. The summed E-state index contributed by atoms with van der Waals surface area (Å²) in [6.07, 6.45) is 1.41. The lowest BCUT2D eigenvalue weighted by atomic mass is 10.1. The second-order valence-corrected chi connectivity index (χ2v) is 3.08. The zero-order valence-corrected chi connectivity index (χ0v) is 8.55. The predicted molar refractivity (Wildman–Crippen MR) is 59.1 cm³/mol. The molecule has 3 nitrogen and oxygen atoms in total. The first-order valence-corrected chi connectivity index (χ1v) is 4.80. The monoisotopic (exact) mass is 223 g/mol. The molecule has 1 aromatic rings. The molecule has 16 heavy (non-hydrogen) atoms. The van der Waals surface area contributed by atoms with Gasteiger partial charge in [0.05, 0.1) is 0 Å². The van der Waals surface area contributed by atoms with Crippen LogP contribution >= 0.6 is 0 Å². The van der Waals surface area contributed by atoms with E-state index < -0.39 is 6.43 Å². The van der Waals surface area contributed by atoms with Crippen molar-refractivity contribution < 1.29 is 8.78 Å². The number of azide groups is 1. The minimum absolute atomic E-state index is 0.0162. The largest absolute Gasteiger partial charge is 0.264 e. The van der Waals surface area contributed by atoms with Gasteiger partial charge in [-0.25, -0.2) is 8.78 Å². The van der Waals surface area contributed by atoms with Crippen molar-refractivity contribution in [3.8, 4) is 0 Å². The highest BCUT2D eigenvalue weighted by Gasteiger charge is 2.09. The first kappa shape index (κ1) is 12.2. The van der Waals surface area contributed by atoms with Crippen LogP contribution in [-0.2, 0) is 0 Å². The highest BCUT2D eigenvalue weighted by Crippen LogP contribution is 2.23. The van der Waals surface area contributed by atoms with E-state index in [1.807, 2.05) is 0 Å². The predicted octanol–water partition coefficient (Wildman–Crippen LogP) is 4.34. The average Bonchev–Trinajstić information content (AvgIpc) is 2.29. The van der Waals surface area contributed by atoms with Gasteiger partial charge in [-0.3, -0.25) is 0 Å². The Morgan fingerprint density at radius 3 is 2.81 bits per heavy atom. The third-order valence-corrected chi connectivity index (χ3v) is 1.99. The Kier molecular flexibility index (Phi) is 5.02. The van der Waals surface area contributed by atoms with E-state index in [1.165, 1.54) is 6.07 Å². The van der Waals surface area contributed by atoms with E-state index in [0.717, 1.165) is 0 Å². The molecule has 0 heterocycles. The van der Waals surface area contributed by atoms with E-state index in [9.17, 15) is 8.78 Å². The van der Waals surface area contributed by atoms with Crippen LogP contribution in [-0.4, -0.2) is 6.54 Å². The number of hydrogen-bond donors (Lipinski definition) is 0. The summed E-state index contributed by atoms with van der Waals surface area (Å²) in [6, 6.07) is 6.32. The van der Waals surface area contributed by atoms with Crippen LogP contribution in [0.15, 0.2) is 35.5 Å². The minimum Gasteiger partial charge on any atom is -0.205 e. The number of benzene rings is 1. The Morgan fingerprint density at radius 2 is 2.12 bits per heavy atom. The lowest BCUT2D eigenvalue weighted by Crippen LogP contribution is -1.88. The first-order chi connectivity index (χ1) is 7.75. The highest BCUT2D eigenvalue weighted by molar-refractivity contribution is 5.54. The third-order valence-electron chi connectivity index (χ3n) is 1.99. The molecule has 84 valence electrons. The molecule has 0 radical (unpaired) electrons. The maximum Gasteiger partial charge on any atom is 0.264 e. The van der Waals surface area contributed by atoms with Gasteiger partial charge >= 0.3 is 0 Å². The maximum absolute atomic E-state index is 12.6. The van der Waals surface area contributed by atoms with Gasteiger partial charge in [0, 0.05) is 17.0 Å². The van der Waals surface area contributed by atoms with Gasteiger partial charge in [-0.15, -0.1) is 0 Å². The van der Waals surface area contributed by atoms with Crippen LogP contribution in [0.25, 0.3) is 16.5 Å². The number of alkyl halides is 2. The molecule has 0 saturated carbocycles. The van der Waals surface area contributed by atoms with Gasteiger partial charge in [0.2, 0.25) is 0 Å². The summed E-state index contributed by atoms with van der Waals surface area (Å²) in [5, 5.41) is 3.34. The SMILES string of the molecule is [N-]=[N+]=NCCC=Cc1ccccc1C(F)F. The average molecular weight is 223 g/mol. The molecule has 0 N–H and O–H groups in total. The van der Waals surface area contributed by atoms with Crippen LogP contribution < -0.4 is 0 Å². The van der Waals surface area contributed by atoms with Crippen LogP contribution in [0.2, 0.25) is 0 Å². The molecule has 0 aliphatic carbocycles. The van der Waals surface area contributed by atoms with E-state index in [2.05, 4.69) is 10.0 Å². The third kappa shape index (κ3) is 3.71. The molecule has 1 aromatic carbocycles. The van der Waals surface area contributed by atoms with Crippen molar-refractivity contribution in [1.29, 1.82) is 0 Å². The molecule has 0 aromatic heterocycles. The molecule has 1 rings (SSSR count). The molecular formula is C11H11F2N3. The van der Waals surface area contributed by atoms with E-state index in [4.69, 9.17) is 5.53 Å². The second-order valence-electron chi connectivity index (χ2n) is 3.08. The molecule has 0 amide bonds. The fourth-order valence-electron chi connectivity index (χ4n) is 1.25. The number of rotatable bonds is 5. The van der Waals surface area contributed by atoms with Gasteiger partial charge in [0.1, 0.15) is 0 Å². The minimum atomic E-state index is -2.47. The summed E-state index contributed by atoms with van der Waals surface area (Å²) < 4.78 is 25.1. The zero-order chi connectivity index (χ0) is 11.8. The van der Waals surface area contributed by atoms with Crippen LogP contribution in [0.1, 0.15) is 24.0 Å². The van der Waals surface area contributed by atoms with Crippen molar-refractivity contribution in [3.05, 3.63) is 51.9 Å². The fourth-order valence-corrected chi connectivity index (χ4v) is 1.25. The van der Waals surface area contributed by atoms with Crippen LogP contribution in [0, 0.1) is 0 Å². The zero-order valence-electron chi connectivity index (χ0n) is 8.55. The standard InChI is InChI=1S/C11H11F2N3/c12-11(13)10-7-2-1-5-9(10)6-3-4-8-15-16-14/h1-3,5-7,11H,4,8H2. The smallest absolute Gasteiger partial charge is 0.205 e. The van der Waals surface area contributed by atoms with Crippen molar-refractivity contribution in [2.45, 2.75) is 12.8 Å². The summed E-state index contributed by atoms with van der Waals surface area (Å²) in [4.78, 5) is 2.60. The lowest BCUT2D eigenvalue weighted by Gasteiger charge is -2.03. The van der Waals surface area contributed by atoms with Gasteiger partial charge in [0.15, 0.2) is 0 Å². The number of hydrogen-bond acceptors (Lipinski definition) is 1. The molecule has 0 spiro atoms. The highest BCUT2D eigenvalue weighted by atomic mass is 19.3. The summed E-state index contributed by atoms with van der Waals surface area (Å²) in [5.74, 6) is 0.